The highest BCUT2D eigenvalue weighted by molar-refractivity contribution is 7.92. The molecule has 3 aromatic rings. The number of nitrogens with one attached hydrogen (secondary N) is 3. The Labute approximate surface area is 117 Å². The molecule has 0 unspecified atom stereocenters. The average Bonchev–Trinajstić information content (AvgIpc) is 3.08. The number of fused-ring (bicyclic) bond motifs is 1. The van der Waals surface area contributed by atoms with Crippen LogP contribution in [0.25, 0.3) is 11.2 Å². The van der Waals surface area contributed by atoms with Gasteiger partial charge in [0.2, 0.25) is 0 Å². The molecule has 3 heterocycles. The first kappa shape index (κ1) is 13.1. The quantitative estimate of drug-likeness (QED) is 0.536. The maximum absolute atomic E-state index is 12.2. The fourth-order valence-corrected chi connectivity index (χ4v) is 2.70. The number of carboxylic acid groups (broad SMARTS) is 1. The monoisotopic (exact) mass is 308 g/mol. The molecule has 0 aliphatic rings. The smallest absolute Gasteiger partial charge is 0.352 e. The number of carbonyl (C=O) groups is 1. The molecule has 0 aliphatic heterocycles. The minimum absolute atomic E-state index is 0.0237. The van der Waals surface area contributed by atoms with Crippen molar-refractivity contribution in [3.05, 3.63) is 30.6 Å². The first-order valence-electron chi connectivity index (χ1n) is 5.56. The molecule has 10 nitrogen and oxygen atoms in total. The molecular formula is C10H8N6O4S. The Morgan fingerprint density at radius 3 is 2.76 bits per heavy atom. The van der Waals surface area contributed by atoms with Crippen LogP contribution in [0.4, 0.5) is 5.82 Å². The third-order valence-corrected chi connectivity index (χ3v) is 3.97. The normalized spacial score (nSPS) is 11.6. The van der Waals surface area contributed by atoms with Gasteiger partial charge in [-0.1, -0.05) is 0 Å². The Kier molecular flexibility index (Phi) is 2.83. The van der Waals surface area contributed by atoms with Gasteiger partial charge in [-0.3, -0.25) is 4.72 Å². The van der Waals surface area contributed by atoms with Crippen LogP contribution in [0.3, 0.4) is 0 Å². The summed E-state index contributed by atoms with van der Waals surface area (Å²) in [5, 5.41) is 8.79. The summed E-state index contributed by atoms with van der Waals surface area (Å²) in [6.45, 7) is 0. The maximum atomic E-state index is 12.2. The molecule has 0 aliphatic carbocycles. The van der Waals surface area contributed by atoms with Crippen LogP contribution >= 0.6 is 0 Å². The van der Waals surface area contributed by atoms with Crippen LogP contribution in [-0.4, -0.2) is 44.4 Å². The molecule has 3 aromatic heterocycles. The minimum Gasteiger partial charge on any atom is -0.477 e. The number of rotatable bonds is 4. The van der Waals surface area contributed by atoms with Crippen LogP contribution in [0.5, 0.6) is 0 Å². The van der Waals surface area contributed by atoms with Gasteiger partial charge in [0.15, 0.2) is 11.5 Å². The third kappa shape index (κ3) is 2.29. The zero-order valence-corrected chi connectivity index (χ0v) is 11.0. The summed E-state index contributed by atoms with van der Waals surface area (Å²) in [4.78, 5) is 27.2. The molecule has 0 atom stereocenters. The highest BCUT2D eigenvalue weighted by Gasteiger charge is 2.20. The summed E-state index contributed by atoms with van der Waals surface area (Å²) in [5.41, 5.74) is 0.405. The summed E-state index contributed by atoms with van der Waals surface area (Å²) < 4.78 is 26.6. The number of aromatic amines is 2. The van der Waals surface area contributed by atoms with Gasteiger partial charge in [-0.05, 0) is 6.07 Å². The molecule has 0 spiro atoms. The first-order chi connectivity index (χ1) is 9.97. The van der Waals surface area contributed by atoms with Crippen LogP contribution < -0.4 is 4.72 Å². The van der Waals surface area contributed by atoms with E-state index in [-0.39, 0.29) is 16.4 Å². The fourth-order valence-electron chi connectivity index (χ4n) is 1.68. The van der Waals surface area contributed by atoms with Gasteiger partial charge < -0.3 is 15.1 Å². The van der Waals surface area contributed by atoms with Gasteiger partial charge in [0.25, 0.3) is 10.0 Å². The van der Waals surface area contributed by atoms with Gasteiger partial charge in [-0.25, -0.2) is 28.2 Å². The number of anilines is 1. The number of carboxylic acids is 1. The Morgan fingerprint density at radius 1 is 1.24 bits per heavy atom. The number of imidazole rings is 1. The van der Waals surface area contributed by atoms with Crippen molar-refractivity contribution >= 4 is 33.0 Å². The predicted molar refractivity (Wildman–Crippen MR) is 70.2 cm³/mol. The van der Waals surface area contributed by atoms with E-state index < -0.39 is 16.0 Å². The standard InChI is InChI=1S/C10H8N6O4S/c17-10(18)6-1-5(2-11-6)21(19,20)16-9-7-8(13-3-12-7)14-4-15-9/h1-4,11H,(H,17,18)(H2,12,13,14,15,16). The van der Waals surface area contributed by atoms with Gasteiger partial charge >= 0.3 is 5.97 Å². The highest BCUT2D eigenvalue weighted by Crippen LogP contribution is 2.19. The van der Waals surface area contributed by atoms with Crippen molar-refractivity contribution in [1.82, 2.24) is 24.9 Å². The van der Waals surface area contributed by atoms with E-state index in [0.29, 0.717) is 11.2 Å². The van der Waals surface area contributed by atoms with E-state index >= 15 is 0 Å². The average molecular weight is 308 g/mol. The SMILES string of the molecule is O=C(O)c1cc(S(=O)(=O)Nc2ncnc3nc[nH]c23)c[nH]1. The molecule has 108 valence electrons. The van der Waals surface area contributed by atoms with Crippen molar-refractivity contribution in [3.63, 3.8) is 0 Å². The summed E-state index contributed by atoms with van der Waals surface area (Å²) in [6.07, 6.45) is 3.61. The van der Waals surface area contributed by atoms with Crippen LogP contribution in [-0.2, 0) is 10.0 Å². The number of nitrogens with zero attached hydrogens (tertiary/aromatic N) is 3. The second-order valence-electron chi connectivity index (χ2n) is 3.98. The number of aromatic nitrogens is 5. The summed E-state index contributed by atoms with van der Waals surface area (Å²) in [6, 6.07) is 1.01. The molecule has 0 fully saturated rings. The molecule has 11 heteroatoms. The lowest BCUT2D eigenvalue weighted by Gasteiger charge is -2.05. The van der Waals surface area contributed by atoms with E-state index in [1.54, 1.807) is 0 Å². The molecule has 3 rings (SSSR count). The van der Waals surface area contributed by atoms with Gasteiger partial charge in [0.1, 0.15) is 22.4 Å². The number of aromatic carboxylic acids is 1. The van der Waals surface area contributed by atoms with Gasteiger partial charge in [0, 0.05) is 6.20 Å². The summed E-state index contributed by atoms with van der Waals surface area (Å²) in [7, 11) is -3.98. The van der Waals surface area contributed by atoms with E-state index in [0.717, 1.165) is 12.3 Å². The van der Waals surface area contributed by atoms with Crippen LogP contribution in [0, 0.1) is 0 Å². The molecular weight excluding hydrogens is 300 g/mol. The van der Waals surface area contributed by atoms with Crippen LogP contribution in [0.2, 0.25) is 0 Å². The second-order valence-corrected chi connectivity index (χ2v) is 5.67. The Bertz CT molecular complexity index is 928. The lowest BCUT2D eigenvalue weighted by Crippen LogP contribution is -2.13. The summed E-state index contributed by atoms with van der Waals surface area (Å²) >= 11 is 0. The number of hydrogen-bond donors (Lipinski definition) is 4. The third-order valence-electron chi connectivity index (χ3n) is 2.65. The van der Waals surface area contributed by atoms with Gasteiger partial charge in [-0.15, -0.1) is 0 Å². The summed E-state index contributed by atoms with van der Waals surface area (Å²) in [5.74, 6) is -1.23. The van der Waals surface area contributed by atoms with Gasteiger partial charge in [0.05, 0.1) is 6.33 Å². The van der Waals surface area contributed by atoms with Gasteiger partial charge in [-0.2, -0.15) is 0 Å². The van der Waals surface area contributed by atoms with Crippen molar-refractivity contribution in [2.45, 2.75) is 4.90 Å². The topological polar surface area (TPSA) is 154 Å². The molecule has 4 N–H and O–H groups in total. The largest absolute Gasteiger partial charge is 0.477 e. The second kappa shape index (κ2) is 4.56. The van der Waals surface area contributed by atoms with Crippen molar-refractivity contribution in [3.8, 4) is 0 Å². The fraction of sp³-hybridized carbons (Fsp3) is 0. The lowest BCUT2D eigenvalue weighted by molar-refractivity contribution is 0.0691. The molecule has 0 bridgehead atoms. The Morgan fingerprint density at radius 2 is 2.05 bits per heavy atom. The van der Waals surface area contributed by atoms with Crippen molar-refractivity contribution < 1.29 is 18.3 Å². The lowest BCUT2D eigenvalue weighted by atomic mass is 10.4. The zero-order chi connectivity index (χ0) is 15.0. The molecule has 0 aromatic carbocycles. The van der Waals surface area contributed by atoms with Crippen molar-refractivity contribution in [1.29, 1.82) is 0 Å². The van der Waals surface area contributed by atoms with Crippen molar-refractivity contribution in [2.24, 2.45) is 0 Å². The van der Waals surface area contributed by atoms with E-state index in [4.69, 9.17) is 5.11 Å². The predicted octanol–water partition coefficient (Wildman–Crippen LogP) is 0.180. The molecule has 0 saturated heterocycles. The molecule has 0 saturated carbocycles. The van der Waals surface area contributed by atoms with Crippen LogP contribution in [0.15, 0.2) is 29.8 Å². The minimum atomic E-state index is -3.98. The number of hydrogen-bond acceptors (Lipinski definition) is 6. The number of H-pyrrole nitrogens is 2. The van der Waals surface area contributed by atoms with Crippen molar-refractivity contribution in [2.75, 3.05) is 4.72 Å². The van der Waals surface area contributed by atoms with E-state index in [1.807, 2.05) is 0 Å². The maximum Gasteiger partial charge on any atom is 0.352 e. The van der Waals surface area contributed by atoms with E-state index in [9.17, 15) is 13.2 Å². The molecule has 21 heavy (non-hydrogen) atoms. The highest BCUT2D eigenvalue weighted by atomic mass is 32.2. The zero-order valence-electron chi connectivity index (χ0n) is 10.2. The first-order valence-corrected chi connectivity index (χ1v) is 7.04. The Hall–Kier alpha value is -2.95. The molecule has 0 amide bonds. The van der Waals surface area contributed by atoms with E-state index in [1.165, 1.54) is 12.7 Å². The van der Waals surface area contributed by atoms with Crippen LogP contribution in [0.1, 0.15) is 10.5 Å². The number of sulfonamides is 1. The Balaban J connectivity index is 1.99. The molecule has 0 radical (unpaired) electrons. The van der Waals surface area contributed by atoms with E-state index in [2.05, 4.69) is 29.6 Å².